The molecule has 28 heavy (non-hydrogen) atoms. The van der Waals surface area contributed by atoms with Crippen molar-refractivity contribution in [3.8, 4) is 0 Å². The van der Waals surface area contributed by atoms with E-state index in [4.69, 9.17) is 8.85 Å². The third-order valence-corrected chi connectivity index (χ3v) is 7.82. The van der Waals surface area contributed by atoms with E-state index in [1.807, 2.05) is 13.8 Å². The van der Waals surface area contributed by atoms with Crippen LogP contribution >= 0.6 is 0 Å². The lowest BCUT2D eigenvalue weighted by Gasteiger charge is -2.25. The van der Waals surface area contributed by atoms with Crippen LogP contribution in [-0.4, -0.2) is 21.8 Å². The molecule has 0 amide bonds. The first-order valence-corrected chi connectivity index (χ1v) is 12.6. The quantitative estimate of drug-likeness (QED) is 0.107. The highest BCUT2D eigenvalue weighted by Crippen LogP contribution is 2.25. The van der Waals surface area contributed by atoms with Gasteiger partial charge in [0.1, 0.15) is 0 Å². The molecule has 1 aromatic carbocycles. The molecule has 0 spiro atoms. The van der Waals surface area contributed by atoms with Gasteiger partial charge in [0.25, 0.3) is 0 Å². The Kier molecular flexibility index (Phi) is 11.2. The molecule has 0 saturated heterocycles. The van der Waals surface area contributed by atoms with Crippen LogP contribution in [0.4, 0.5) is 22.0 Å². The Hall–Kier alpha value is -0.993. The molecule has 2 nitrogen and oxygen atoms in total. The Morgan fingerprint density at radius 3 is 1.46 bits per heavy atom. The monoisotopic (exact) mass is 426 g/mol. The number of hydrogen-bond acceptors (Lipinski definition) is 2. The molecule has 0 heterocycles. The number of hydrogen-bond donors (Lipinski definition) is 0. The highest BCUT2D eigenvalue weighted by atomic mass is 28.4. The van der Waals surface area contributed by atoms with Gasteiger partial charge in [0.15, 0.2) is 23.3 Å². The standard InChI is InChI=1S/C20H31F5O2Si/c1-4-26-28(3,27-5-2)14-12-10-8-6-7-9-11-13-15-16(21)18(23)20(25)19(24)17(15)22/h4-14H2,1-3H3. The van der Waals surface area contributed by atoms with Crippen LogP contribution in [0, 0.1) is 29.1 Å². The van der Waals surface area contributed by atoms with Crippen molar-refractivity contribution in [1.29, 1.82) is 0 Å². The molecule has 0 N–H and O–H groups in total. The number of unbranched alkanes of at least 4 members (excludes halogenated alkanes) is 6. The molecule has 0 aliphatic rings. The minimum absolute atomic E-state index is 0.154. The second kappa shape index (κ2) is 12.5. The van der Waals surface area contributed by atoms with E-state index in [-0.39, 0.29) is 6.42 Å². The Morgan fingerprint density at radius 1 is 0.607 bits per heavy atom. The summed E-state index contributed by atoms with van der Waals surface area (Å²) in [5, 5.41) is 0. The zero-order chi connectivity index (χ0) is 21.2. The predicted octanol–water partition coefficient (Wildman–Crippen LogP) is 6.80. The predicted molar refractivity (Wildman–Crippen MR) is 102 cm³/mol. The summed E-state index contributed by atoms with van der Waals surface area (Å²) in [7, 11) is -2.05. The zero-order valence-electron chi connectivity index (χ0n) is 17.0. The summed E-state index contributed by atoms with van der Waals surface area (Å²) in [5.41, 5.74) is -0.715. The van der Waals surface area contributed by atoms with E-state index < -0.39 is 43.2 Å². The topological polar surface area (TPSA) is 18.5 Å². The van der Waals surface area contributed by atoms with E-state index in [1.54, 1.807) is 0 Å². The van der Waals surface area contributed by atoms with Gasteiger partial charge < -0.3 is 8.85 Å². The lowest BCUT2D eigenvalue weighted by Crippen LogP contribution is -2.38. The van der Waals surface area contributed by atoms with Crippen molar-refractivity contribution in [3.63, 3.8) is 0 Å². The first-order chi connectivity index (χ1) is 13.3. The summed E-state index contributed by atoms with van der Waals surface area (Å²) >= 11 is 0. The average molecular weight is 427 g/mol. The Bertz CT molecular complexity index is 578. The van der Waals surface area contributed by atoms with E-state index in [1.165, 1.54) is 0 Å². The molecule has 0 aliphatic carbocycles. The normalized spacial score (nSPS) is 12.0. The molecule has 8 heteroatoms. The molecule has 0 atom stereocenters. The van der Waals surface area contributed by atoms with E-state index in [0.29, 0.717) is 26.1 Å². The zero-order valence-corrected chi connectivity index (χ0v) is 18.0. The fourth-order valence-electron chi connectivity index (χ4n) is 3.30. The SMILES string of the molecule is CCO[Si](C)(CCCCCCCCCc1c(F)c(F)c(F)c(F)c1F)OCC. The maximum atomic E-state index is 13.6. The highest BCUT2D eigenvalue weighted by molar-refractivity contribution is 6.66. The molecular weight excluding hydrogens is 395 g/mol. The van der Waals surface area contributed by atoms with Gasteiger partial charge in [-0.25, -0.2) is 22.0 Å². The summed E-state index contributed by atoms with van der Waals surface area (Å²) in [4.78, 5) is 0. The molecule has 0 aliphatic heterocycles. The van der Waals surface area contributed by atoms with E-state index in [9.17, 15) is 22.0 Å². The molecule has 0 unspecified atom stereocenters. The van der Waals surface area contributed by atoms with Crippen molar-refractivity contribution in [2.24, 2.45) is 0 Å². The van der Waals surface area contributed by atoms with Gasteiger partial charge in [-0.3, -0.25) is 0 Å². The van der Waals surface area contributed by atoms with Crippen LogP contribution in [-0.2, 0) is 15.3 Å². The van der Waals surface area contributed by atoms with Crippen LogP contribution in [0.3, 0.4) is 0 Å². The van der Waals surface area contributed by atoms with Crippen LogP contribution in [0.1, 0.15) is 64.4 Å². The summed E-state index contributed by atoms with van der Waals surface area (Å²) in [6.07, 6.45) is 5.87. The van der Waals surface area contributed by atoms with Crippen LogP contribution in [0.2, 0.25) is 12.6 Å². The summed E-state index contributed by atoms with van der Waals surface area (Å²) in [6, 6.07) is 0.953. The first kappa shape index (κ1) is 25.0. The van der Waals surface area contributed by atoms with Gasteiger partial charge in [0.2, 0.25) is 5.82 Å². The molecule has 1 aromatic rings. The highest BCUT2D eigenvalue weighted by Gasteiger charge is 2.29. The Balaban J connectivity index is 2.24. The number of rotatable bonds is 14. The fraction of sp³-hybridized carbons (Fsp3) is 0.700. The van der Waals surface area contributed by atoms with Gasteiger partial charge in [0.05, 0.1) is 0 Å². The lowest BCUT2D eigenvalue weighted by atomic mass is 10.0. The summed E-state index contributed by atoms with van der Waals surface area (Å²) < 4.78 is 78.1. The van der Waals surface area contributed by atoms with Gasteiger partial charge in [-0.15, -0.1) is 0 Å². The van der Waals surface area contributed by atoms with Gasteiger partial charge in [0, 0.05) is 18.8 Å². The minimum atomic E-state index is -2.11. The van der Waals surface area contributed by atoms with Gasteiger partial charge in [-0.05, 0) is 39.3 Å². The number of halogens is 5. The third kappa shape index (κ3) is 7.44. The summed E-state index contributed by atoms with van der Waals surface area (Å²) in [6.45, 7) is 7.34. The van der Waals surface area contributed by atoms with Crippen molar-refractivity contribution in [3.05, 3.63) is 34.6 Å². The van der Waals surface area contributed by atoms with Crippen molar-refractivity contribution >= 4 is 8.56 Å². The molecule has 1 rings (SSSR count). The molecule has 0 bridgehead atoms. The molecule has 0 aromatic heterocycles. The average Bonchev–Trinajstić information content (AvgIpc) is 2.66. The Labute approximate surface area is 165 Å². The maximum Gasteiger partial charge on any atom is 0.334 e. The van der Waals surface area contributed by atoms with E-state index in [2.05, 4.69) is 6.55 Å². The number of benzene rings is 1. The van der Waals surface area contributed by atoms with Crippen LogP contribution in [0.5, 0.6) is 0 Å². The molecule has 0 fully saturated rings. The van der Waals surface area contributed by atoms with Gasteiger partial charge >= 0.3 is 8.56 Å². The van der Waals surface area contributed by atoms with Gasteiger partial charge in [-0.1, -0.05) is 38.5 Å². The molecule has 162 valence electrons. The Morgan fingerprint density at radius 2 is 1.00 bits per heavy atom. The second-order valence-corrected chi connectivity index (χ2v) is 10.4. The second-order valence-electron chi connectivity index (χ2n) is 7.02. The maximum absolute atomic E-state index is 13.6. The van der Waals surface area contributed by atoms with Crippen LogP contribution in [0.15, 0.2) is 0 Å². The summed E-state index contributed by atoms with van der Waals surface area (Å²) in [5.74, 6) is -9.28. The van der Waals surface area contributed by atoms with Gasteiger partial charge in [-0.2, -0.15) is 0 Å². The van der Waals surface area contributed by atoms with Crippen molar-refractivity contribution < 1.29 is 30.8 Å². The van der Waals surface area contributed by atoms with E-state index in [0.717, 1.165) is 38.1 Å². The molecular formula is C20H31F5O2Si. The van der Waals surface area contributed by atoms with Crippen molar-refractivity contribution in [1.82, 2.24) is 0 Å². The van der Waals surface area contributed by atoms with Crippen LogP contribution < -0.4 is 0 Å². The van der Waals surface area contributed by atoms with Crippen LogP contribution in [0.25, 0.3) is 0 Å². The minimum Gasteiger partial charge on any atom is -0.395 e. The molecule has 0 radical (unpaired) electrons. The lowest BCUT2D eigenvalue weighted by molar-refractivity contribution is 0.188. The first-order valence-electron chi connectivity index (χ1n) is 10.1. The molecule has 0 saturated carbocycles. The van der Waals surface area contributed by atoms with Crippen molar-refractivity contribution in [2.45, 2.75) is 77.8 Å². The largest absolute Gasteiger partial charge is 0.395 e. The van der Waals surface area contributed by atoms with E-state index >= 15 is 0 Å². The smallest absolute Gasteiger partial charge is 0.334 e. The third-order valence-electron chi connectivity index (χ3n) is 4.76. The van der Waals surface area contributed by atoms with Crippen molar-refractivity contribution in [2.75, 3.05) is 13.2 Å². The fourth-order valence-corrected chi connectivity index (χ4v) is 5.78.